The zero-order chi connectivity index (χ0) is 15.8. The highest BCUT2D eigenvalue weighted by Gasteiger charge is 2.32. The predicted octanol–water partition coefficient (Wildman–Crippen LogP) is 2.45. The molecule has 0 amide bonds. The first-order chi connectivity index (χ1) is 8.89. The molecular weight excluding hydrogens is 329 g/mol. The van der Waals surface area contributed by atoms with Crippen LogP contribution in [0.4, 0.5) is 13.2 Å². The van der Waals surface area contributed by atoms with Gasteiger partial charge < -0.3 is 5.73 Å². The first-order valence-electron chi connectivity index (χ1n) is 5.81. The average Bonchev–Trinajstić information content (AvgIpc) is 2.26. The van der Waals surface area contributed by atoms with E-state index in [1.165, 1.54) is 6.92 Å². The Balaban J connectivity index is 0.00000400. The van der Waals surface area contributed by atoms with Crippen LogP contribution in [0, 0.1) is 6.92 Å². The molecule has 0 spiro atoms. The van der Waals surface area contributed by atoms with Crippen molar-refractivity contribution in [1.29, 1.82) is 0 Å². The second kappa shape index (κ2) is 6.51. The second-order valence-electron chi connectivity index (χ2n) is 5.17. The van der Waals surface area contributed by atoms with Gasteiger partial charge in [-0.1, -0.05) is 0 Å². The van der Waals surface area contributed by atoms with E-state index in [1.807, 2.05) is 0 Å². The van der Waals surface area contributed by atoms with Crippen LogP contribution in [0.15, 0.2) is 23.1 Å². The van der Waals surface area contributed by atoms with Crippen LogP contribution in [0.2, 0.25) is 0 Å². The molecule has 1 aromatic carbocycles. The Morgan fingerprint density at radius 2 is 1.76 bits per heavy atom. The van der Waals surface area contributed by atoms with Gasteiger partial charge in [0.15, 0.2) is 0 Å². The number of nitrogens with one attached hydrogen (secondary N) is 1. The van der Waals surface area contributed by atoms with E-state index in [0.717, 1.165) is 18.2 Å². The molecule has 122 valence electrons. The second-order valence-corrected chi connectivity index (χ2v) is 6.82. The minimum atomic E-state index is -4.50. The molecule has 0 saturated carbocycles. The molecule has 4 nitrogen and oxygen atoms in total. The van der Waals surface area contributed by atoms with Crippen molar-refractivity contribution in [3.05, 3.63) is 29.3 Å². The summed E-state index contributed by atoms with van der Waals surface area (Å²) in [5.41, 5.74) is 3.70. The topological polar surface area (TPSA) is 72.2 Å². The number of hydrogen-bond donors (Lipinski definition) is 2. The van der Waals surface area contributed by atoms with E-state index in [0.29, 0.717) is 0 Å². The van der Waals surface area contributed by atoms with Gasteiger partial charge in [-0.15, -0.1) is 12.4 Å². The monoisotopic (exact) mass is 346 g/mol. The third-order valence-electron chi connectivity index (χ3n) is 2.71. The predicted molar refractivity (Wildman–Crippen MR) is 76.9 cm³/mol. The molecule has 21 heavy (non-hydrogen) atoms. The van der Waals surface area contributed by atoms with Gasteiger partial charge >= 0.3 is 6.18 Å². The van der Waals surface area contributed by atoms with E-state index in [9.17, 15) is 21.6 Å². The summed E-state index contributed by atoms with van der Waals surface area (Å²) in [6.07, 6.45) is -4.50. The third-order valence-corrected chi connectivity index (χ3v) is 4.57. The lowest BCUT2D eigenvalue weighted by atomic mass is 10.1. The summed E-state index contributed by atoms with van der Waals surface area (Å²) in [4.78, 5) is -0.188. The van der Waals surface area contributed by atoms with Crippen LogP contribution >= 0.6 is 12.4 Å². The summed E-state index contributed by atoms with van der Waals surface area (Å²) in [6, 6.07) is 2.51. The Kier molecular flexibility index (Phi) is 6.26. The molecule has 0 unspecified atom stereocenters. The fourth-order valence-electron chi connectivity index (χ4n) is 1.59. The highest BCUT2D eigenvalue weighted by atomic mass is 35.5. The number of halogens is 4. The normalized spacial score (nSPS) is 12.9. The summed E-state index contributed by atoms with van der Waals surface area (Å²) in [7, 11) is -3.92. The lowest BCUT2D eigenvalue weighted by molar-refractivity contribution is -0.137. The minimum absolute atomic E-state index is 0. The van der Waals surface area contributed by atoms with Crippen LogP contribution in [0.5, 0.6) is 0 Å². The van der Waals surface area contributed by atoms with Crippen molar-refractivity contribution >= 4 is 22.4 Å². The maximum atomic E-state index is 12.5. The van der Waals surface area contributed by atoms with Crippen LogP contribution < -0.4 is 10.5 Å². The lowest BCUT2D eigenvalue weighted by Crippen LogP contribution is -2.48. The molecule has 0 aromatic heterocycles. The highest BCUT2D eigenvalue weighted by Crippen LogP contribution is 2.31. The molecule has 9 heteroatoms. The molecule has 0 aliphatic carbocycles. The Bertz CT molecular complexity index is 601. The Morgan fingerprint density at radius 3 is 2.14 bits per heavy atom. The molecule has 0 aliphatic rings. The zero-order valence-corrected chi connectivity index (χ0v) is 13.4. The molecular formula is C12H18ClF3N2O2S. The number of benzene rings is 1. The van der Waals surface area contributed by atoms with Crippen molar-refractivity contribution in [2.45, 2.75) is 37.4 Å². The lowest BCUT2D eigenvalue weighted by Gasteiger charge is -2.24. The van der Waals surface area contributed by atoms with E-state index in [4.69, 9.17) is 5.73 Å². The zero-order valence-electron chi connectivity index (χ0n) is 11.8. The molecule has 1 rings (SSSR count). The molecule has 0 radical (unpaired) electrons. The van der Waals surface area contributed by atoms with Gasteiger partial charge in [-0.3, -0.25) is 0 Å². The minimum Gasteiger partial charge on any atom is -0.329 e. The van der Waals surface area contributed by atoms with Gasteiger partial charge in [0, 0.05) is 12.1 Å². The highest BCUT2D eigenvalue weighted by molar-refractivity contribution is 7.89. The van der Waals surface area contributed by atoms with Crippen LogP contribution in [0.25, 0.3) is 0 Å². The van der Waals surface area contributed by atoms with Gasteiger partial charge in [-0.2, -0.15) is 13.2 Å². The summed E-state index contributed by atoms with van der Waals surface area (Å²) < 4.78 is 64.3. The number of rotatable bonds is 4. The quantitative estimate of drug-likeness (QED) is 0.879. The number of aryl methyl sites for hydroxylation is 1. The van der Waals surface area contributed by atoms with Gasteiger partial charge in [0.25, 0.3) is 0 Å². The van der Waals surface area contributed by atoms with Gasteiger partial charge in [0.05, 0.1) is 10.5 Å². The maximum Gasteiger partial charge on any atom is 0.416 e. The SMILES string of the molecule is Cc1cc(C(F)(F)F)ccc1S(=O)(=O)NC(C)(C)CN.Cl. The fourth-order valence-corrected chi connectivity index (χ4v) is 3.24. The Labute approximate surface area is 128 Å². The summed E-state index contributed by atoms with van der Waals surface area (Å²) in [5, 5.41) is 0. The molecule has 0 aliphatic heterocycles. The smallest absolute Gasteiger partial charge is 0.329 e. The third kappa shape index (κ3) is 5.14. The summed E-state index contributed by atoms with van der Waals surface area (Å²) in [6.45, 7) is 4.55. The van der Waals surface area contributed by atoms with Crippen LogP contribution in [0.3, 0.4) is 0 Å². The van der Waals surface area contributed by atoms with Crippen molar-refractivity contribution in [3.63, 3.8) is 0 Å². The van der Waals surface area contributed by atoms with Gasteiger partial charge in [0.2, 0.25) is 10.0 Å². The van der Waals surface area contributed by atoms with Crippen LogP contribution in [0.1, 0.15) is 25.0 Å². The fraction of sp³-hybridized carbons (Fsp3) is 0.500. The first-order valence-corrected chi connectivity index (χ1v) is 7.29. The van der Waals surface area contributed by atoms with Crippen molar-refractivity contribution in [2.75, 3.05) is 6.54 Å². The summed E-state index contributed by atoms with van der Waals surface area (Å²) >= 11 is 0. The standard InChI is InChI=1S/C12H17F3N2O2S.ClH/c1-8-6-9(12(13,14)15)4-5-10(8)20(18,19)17-11(2,3)7-16;/h4-6,17H,7,16H2,1-3H3;1H. The number of sulfonamides is 1. The van der Waals surface area contributed by atoms with E-state index >= 15 is 0 Å². The molecule has 0 fully saturated rings. The van der Waals surface area contributed by atoms with Crippen LogP contribution in [-0.4, -0.2) is 20.5 Å². The van der Waals surface area contributed by atoms with Crippen molar-refractivity contribution in [2.24, 2.45) is 5.73 Å². The van der Waals surface area contributed by atoms with Crippen molar-refractivity contribution in [1.82, 2.24) is 4.72 Å². The number of alkyl halides is 3. The molecule has 0 bridgehead atoms. The largest absolute Gasteiger partial charge is 0.416 e. The Hall–Kier alpha value is -0.830. The van der Waals surface area contributed by atoms with E-state index in [2.05, 4.69) is 4.72 Å². The maximum absolute atomic E-state index is 12.5. The molecule has 1 aromatic rings. The van der Waals surface area contributed by atoms with E-state index in [1.54, 1.807) is 13.8 Å². The van der Waals surface area contributed by atoms with Crippen molar-refractivity contribution < 1.29 is 21.6 Å². The van der Waals surface area contributed by atoms with Crippen LogP contribution in [-0.2, 0) is 16.2 Å². The molecule has 3 N–H and O–H groups in total. The van der Waals surface area contributed by atoms with Gasteiger partial charge in [0.1, 0.15) is 0 Å². The summed E-state index contributed by atoms with van der Waals surface area (Å²) in [5.74, 6) is 0. The van der Waals surface area contributed by atoms with E-state index in [-0.39, 0.29) is 29.4 Å². The molecule has 0 saturated heterocycles. The van der Waals surface area contributed by atoms with Crippen molar-refractivity contribution in [3.8, 4) is 0 Å². The number of nitrogens with two attached hydrogens (primary N) is 1. The first kappa shape index (κ1) is 20.2. The average molecular weight is 347 g/mol. The molecule has 0 heterocycles. The van der Waals surface area contributed by atoms with E-state index < -0.39 is 27.3 Å². The Morgan fingerprint density at radius 1 is 1.24 bits per heavy atom. The molecule has 0 atom stereocenters. The number of hydrogen-bond acceptors (Lipinski definition) is 3. The van der Waals surface area contributed by atoms with Gasteiger partial charge in [-0.05, 0) is 44.5 Å². The van der Waals surface area contributed by atoms with Gasteiger partial charge in [-0.25, -0.2) is 13.1 Å².